The number of alkyl halides is 9. The Bertz CT molecular complexity index is 1630. The second-order valence-corrected chi connectivity index (χ2v) is 9.72. The van der Waals surface area contributed by atoms with Crippen molar-refractivity contribution in [2.24, 2.45) is 0 Å². The summed E-state index contributed by atoms with van der Waals surface area (Å²) in [4.78, 5) is 37.2. The van der Waals surface area contributed by atoms with Gasteiger partial charge < -0.3 is 19.9 Å². The van der Waals surface area contributed by atoms with Gasteiger partial charge in [-0.15, -0.1) is 0 Å². The molecule has 0 spiro atoms. The molecule has 242 valence electrons. The Kier molecular flexibility index (Phi) is 10.2. The van der Waals surface area contributed by atoms with E-state index in [1.807, 2.05) is 0 Å². The molecule has 1 amide bonds. The minimum absolute atomic E-state index is 0.114. The standard InChI is InChI=1S/C27H16Cl2F9NO6/c1-44-21-14(3-2-4-18(21)39-22(41)13-6-5-11(23(42)43)7-16(13)28)19(40)10-15-17(29)8-12(9-20(15)45-24(30)31)25(32,26(33,34)35)27(36,37)38/h2-9,24H,10H2,1H3,(H,39,41)(H,42,43). The van der Waals surface area contributed by atoms with Crippen LogP contribution in [0.5, 0.6) is 11.5 Å². The van der Waals surface area contributed by atoms with Crippen molar-refractivity contribution in [2.45, 2.75) is 31.1 Å². The van der Waals surface area contributed by atoms with E-state index in [9.17, 15) is 53.9 Å². The van der Waals surface area contributed by atoms with Gasteiger partial charge in [-0.25, -0.2) is 9.18 Å². The van der Waals surface area contributed by atoms with E-state index in [2.05, 4.69) is 10.1 Å². The van der Waals surface area contributed by atoms with E-state index >= 15 is 0 Å². The Morgan fingerprint density at radius 2 is 1.51 bits per heavy atom. The van der Waals surface area contributed by atoms with Crippen LogP contribution in [0.3, 0.4) is 0 Å². The molecule has 3 aromatic rings. The Morgan fingerprint density at radius 3 is 2.02 bits per heavy atom. The number of para-hydroxylation sites is 1. The van der Waals surface area contributed by atoms with Crippen LogP contribution in [-0.4, -0.2) is 48.8 Å². The Morgan fingerprint density at radius 1 is 0.889 bits per heavy atom. The van der Waals surface area contributed by atoms with Gasteiger partial charge in [0.05, 0.1) is 34.5 Å². The van der Waals surface area contributed by atoms with Crippen molar-refractivity contribution in [1.29, 1.82) is 0 Å². The van der Waals surface area contributed by atoms with Crippen LogP contribution in [0.2, 0.25) is 10.0 Å². The summed E-state index contributed by atoms with van der Waals surface area (Å²) in [5, 5.41) is 10.0. The zero-order valence-electron chi connectivity index (χ0n) is 22.0. The minimum Gasteiger partial charge on any atom is -0.494 e. The van der Waals surface area contributed by atoms with E-state index in [0.29, 0.717) is 0 Å². The van der Waals surface area contributed by atoms with Crippen molar-refractivity contribution in [2.75, 3.05) is 12.4 Å². The van der Waals surface area contributed by atoms with E-state index in [1.54, 1.807) is 0 Å². The number of carbonyl (C=O) groups excluding carboxylic acids is 2. The van der Waals surface area contributed by atoms with Crippen molar-refractivity contribution in [3.8, 4) is 11.5 Å². The van der Waals surface area contributed by atoms with Crippen molar-refractivity contribution < 1.29 is 68.5 Å². The average Bonchev–Trinajstić information content (AvgIpc) is 2.92. The Labute approximate surface area is 256 Å². The maximum absolute atomic E-state index is 14.6. The molecule has 3 rings (SSSR count). The van der Waals surface area contributed by atoms with Crippen LogP contribution in [0.1, 0.15) is 42.2 Å². The number of hydrogen-bond acceptors (Lipinski definition) is 5. The normalized spacial score (nSPS) is 12.2. The van der Waals surface area contributed by atoms with Crippen LogP contribution >= 0.6 is 23.2 Å². The minimum atomic E-state index is -6.60. The van der Waals surface area contributed by atoms with Crippen LogP contribution in [0.4, 0.5) is 45.2 Å². The molecule has 0 aliphatic rings. The van der Waals surface area contributed by atoms with Gasteiger partial charge in [0.2, 0.25) is 0 Å². The largest absolute Gasteiger partial charge is 0.494 e. The molecule has 7 nitrogen and oxygen atoms in total. The lowest BCUT2D eigenvalue weighted by Gasteiger charge is -2.31. The van der Waals surface area contributed by atoms with Crippen LogP contribution in [-0.2, 0) is 12.1 Å². The topological polar surface area (TPSA) is 102 Å². The second kappa shape index (κ2) is 13.0. The molecule has 0 saturated carbocycles. The first-order valence-corrected chi connectivity index (χ1v) is 12.6. The van der Waals surface area contributed by atoms with Crippen molar-refractivity contribution in [3.05, 3.63) is 86.4 Å². The second-order valence-electron chi connectivity index (χ2n) is 8.91. The van der Waals surface area contributed by atoms with Gasteiger partial charge in [0.1, 0.15) is 5.75 Å². The number of anilines is 1. The van der Waals surface area contributed by atoms with Crippen molar-refractivity contribution in [1.82, 2.24) is 0 Å². The quantitative estimate of drug-likeness (QED) is 0.164. The number of benzene rings is 3. The van der Waals surface area contributed by atoms with Crippen LogP contribution in [0.25, 0.3) is 0 Å². The summed E-state index contributed by atoms with van der Waals surface area (Å²) in [5.74, 6) is -5.07. The van der Waals surface area contributed by atoms with Gasteiger partial charge in [-0.3, -0.25) is 9.59 Å². The molecule has 2 N–H and O–H groups in total. The van der Waals surface area contributed by atoms with Crippen molar-refractivity contribution in [3.63, 3.8) is 0 Å². The fraction of sp³-hybridized carbons (Fsp3) is 0.222. The fourth-order valence-electron chi connectivity index (χ4n) is 4.02. The third kappa shape index (κ3) is 7.22. The number of rotatable bonds is 10. The lowest BCUT2D eigenvalue weighted by Crippen LogP contribution is -2.50. The van der Waals surface area contributed by atoms with Crippen LogP contribution in [0, 0.1) is 0 Å². The van der Waals surface area contributed by atoms with Gasteiger partial charge >= 0.3 is 30.6 Å². The highest BCUT2D eigenvalue weighted by molar-refractivity contribution is 6.35. The fourth-order valence-corrected chi connectivity index (χ4v) is 4.57. The smallest absolute Gasteiger partial charge is 0.435 e. The number of ether oxygens (including phenoxy) is 2. The van der Waals surface area contributed by atoms with Gasteiger partial charge in [-0.05, 0) is 42.5 Å². The molecule has 0 unspecified atom stereocenters. The number of aromatic carboxylic acids is 1. The zero-order valence-corrected chi connectivity index (χ0v) is 23.6. The van der Waals surface area contributed by atoms with E-state index in [4.69, 9.17) is 33.0 Å². The highest BCUT2D eigenvalue weighted by Crippen LogP contribution is 2.54. The number of carboxylic acids is 1. The summed E-state index contributed by atoms with van der Waals surface area (Å²) in [6, 6.07) is 6.36. The van der Waals surface area contributed by atoms with Gasteiger partial charge in [0, 0.05) is 22.6 Å². The van der Waals surface area contributed by atoms with Gasteiger partial charge in [0.15, 0.2) is 11.5 Å². The summed E-state index contributed by atoms with van der Waals surface area (Å²) in [6.07, 6.45) is -14.3. The highest BCUT2D eigenvalue weighted by atomic mass is 35.5. The molecule has 0 radical (unpaired) electrons. The SMILES string of the molecule is COc1c(NC(=O)c2ccc(C(=O)O)cc2Cl)cccc1C(=O)Cc1c(Cl)cc(C(F)(C(F)(F)F)C(F)(F)F)cc1OC(F)F. The molecule has 0 aliphatic heterocycles. The Hall–Kier alpha value is -4.18. The third-order valence-electron chi connectivity index (χ3n) is 6.12. The number of Topliss-reactive ketones (excluding diaryl/α,β-unsaturated/α-hetero) is 1. The van der Waals surface area contributed by atoms with E-state index < -0.39 is 70.6 Å². The third-order valence-corrected chi connectivity index (χ3v) is 6.77. The molecule has 0 aliphatic carbocycles. The molecular formula is C27H16Cl2F9NO6. The van der Waals surface area contributed by atoms with Gasteiger partial charge in [0.25, 0.3) is 5.91 Å². The molecule has 0 fully saturated rings. The summed E-state index contributed by atoms with van der Waals surface area (Å²) in [5.41, 5.74) is -10.1. The molecule has 0 aromatic heterocycles. The van der Waals surface area contributed by atoms with Gasteiger partial charge in [-0.2, -0.15) is 35.1 Å². The average molecular weight is 692 g/mol. The first-order chi connectivity index (χ1) is 20.7. The summed E-state index contributed by atoms with van der Waals surface area (Å²) in [7, 11) is 1.05. The number of carbonyl (C=O) groups is 3. The van der Waals surface area contributed by atoms with Gasteiger partial charge in [-0.1, -0.05) is 29.3 Å². The van der Waals surface area contributed by atoms with E-state index in [1.165, 1.54) is 12.1 Å². The number of methoxy groups -OCH3 is 1. The predicted octanol–water partition coefficient (Wildman–Crippen LogP) is 8.27. The monoisotopic (exact) mass is 691 g/mol. The molecule has 18 heteroatoms. The molecule has 0 atom stereocenters. The highest BCUT2D eigenvalue weighted by Gasteiger charge is 2.73. The van der Waals surface area contributed by atoms with E-state index in [-0.39, 0.29) is 45.3 Å². The van der Waals surface area contributed by atoms with Crippen LogP contribution in [0.15, 0.2) is 48.5 Å². The molecular weight excluding hydrogens is 676 g/mol. The summed E-state index contributed by atoms with van der Waals surface area (Å²) >= 11 is 11.8. The zero-order chi connectivity index (χ0) is 34.1. The molecule has 0 bridgehead atoms. The maximum atomic E-state index is 14.6. The van der Waals surface area contributed by atoms with Crippen molar-refractivity contribution >= 4 is 46.5 Å². The van der Waals surface area contributed by atoms with E-state index in [0.717, 1.165) is 31.4 Å². The predicted molar refractivity (Wildman–Crippen MR) is 140 cm³/mol. The molecule has 0 heterocycles. The molecule has 45 heavy (non-hydrogen) atoms. The maximum Gasteiger partial charge on any atom is 0.435 e. The lowest BCUT2D eigenvalue weighted by atomic mass is 9.91. The number of carboxylic acid groups (broad SMARTS) is 1. The van der Waals surface area contributed by atoms with Crippen LogP contribution < -0.4 is 14.8 Å². The Balaban J connectivity index is 2.04. The molecule has 0 saturated heterocycles. The number of nitrogens with one attached hydrogen (secondary N) is 1. The molecule has 3 aromatic carbocycles. The first kappa shape index (κ1) is 35.3. The number of amides is 1. The lowest BCUT2D eigenvalue weighted by molar-refractivity contribution is -0.348. The number of halogens is 11. The summed E-state index contributed by atoms with van der Waals surface area (Å²) < 4.78 is 130. The number of ketones is 1. The first-order valence-electron chi connectivity index (χ1n) is 11.9. The number of hydrogen-bond donors (Lipinski definition) is 2. The summed E-state index contributed by atoms with van der Waals surface area (Å²) in [6.45, 7) is -3.85.